The highest BCUT2D eigenvalue weighted by Gasteiger charge is 2.40. The zero-order valence-electron chi connectivity index (χ0n) is 20.8. The van der Waals surface area contributed by atoms with E-state index in [2.05, 4.69) is 6.07 Å². The molecule has 0 aliphatic carbocycles. The van der Waals surface area contributed by atoms with E-state index in [1.807, 2.05) is 48.5 Å². The number of piperidine rings is 1. The van der Waals surface area contributed by atoms with Gasteiger partial charge in [-0.05, 0) is 64.9 Å². The lowest BCUT2D eigenvalue weighted by atomic mass is 9.82. The van der Waals surface area contributed by atoms with Crippen LogP contribution in [0.2, 0.25) is 5.02 Å². The van der Waals surface area contributed by atoms with Crippen LogP contribution in [0.5, 0.6) is 5.75 Å². The van der Waals surface area contributed by atoms with Gasteiger partial charge in [0.1, 0.15) is 18.0 Å². The molecule has 2 aliphatic rings. The molecule has 2 heterocycles. The van der Waals surface area contributed by atoms with Crippen LogP contribution in [0.15, 0.2) is 66.7 Å². The number of ether oxygens (including phenoxy) is 2. The van der Waals surface area contributed by atoms with E-state index in [4.69, 9.17) is 21.1 Å². The third-order valence-electron chi connectivity index (χ3n) is 7.14. The smallest absolute Gasteiger partial charge is 0.410 e. The lowest BCUT2D eigenvalue weighted by Crippen LogP contribution is -2.51. The number of hydrogen-bond acceptors (Lipinski definition) is 5. The van der Waals surface area contributed by atoms with E-state index in [9.17, 15) is 13.2 Å². The van der Waals surface area contributed by atoms with Gasteiger partial charge in [0.2, 0.25) is 0 Å². The lowest BCUT2D eigenvalue weighted by Gasteiger charge is -2.44. The van der Waals surface area contributed by atoms with Gasteiger partial charge < -0.3 is 14.4 Å². The monoisotopic (exact) mass is 539 g/mol. The summed E-state index contributed by atoms with van der Waals surface area (Å²) in [6.45, 7) is 1.40. The Morgan fingerprint density at radius 1 is 0.973 bits per heavy atom. The molecule has 1 saturated heterocycles. The maximum absolute atomic E-state index is 12.6. The van der Waals surface area contributed by atoms with Crippen molar-refractivity contribution in [3.05, 3.63) is 88.4 Å². The largest absolute Gasteiger partial charge is 0.487 e. The topological polar surface area (TPSA) is 72.9 Å². The summed E-state index contributed by atoms with van der Waals surface area (Å²) in [6, 6.07) is 21.2. The molecule has 0 atom stereocenters. The van der Waals surface area contributed by atoms with Gasteiger partial charge >= 0.3 is 6.09 Å². The Labute approximate surface area is 223 Å². The minimum Gasteiger partial charge on any atom is -0.487 e. The van der Waals surface area contributed by atoms with Gasteiger partial charge in [0.15, 0.2) is 9.84 Å². The molecule has 37 heavy (non-hydrogen) atoms. The summed E-state index contributed by atoms with van der Waals surface area (Å²) in [6.07, 6.45) is 4.29. The van der Waals surface area contributed by atoms with E-state index < -0.39 is 9.84 Å². The van der Waals surface area contributed by atoms with Crippen LogP contribution in [0, 0.1) is 0 Å². The van der Waals surface area contributed by atoms with E-state index in [1.54, 1.807) is 17.0 Å². The molecule has 2 aliphatic heterocycles. The van der Waals surface area contributed by atoms with Gasteiger partial charge in [0, 0.05) is 37.2 Å². The van der Waals surface area contributed by atoms with Crippen molar-refractivity contribution in [2.75, 3.05) is 19.3 Å². The normalized spacial score (nSPS) is 16.6. The van der Waals surface area contributed by atoms with Crippen molar-refractivity contribution >= 4 is 27.5 Å². The number of carbonyl (C=O) groups excluding carboxylic acids is 1. The van der Waals surface area contributed by atoms with Crippen LogP contribution in [-0.2, 0) is 33.4 Å². The van der Waals surface area contributed by atoms with Crippen LogP contribution in [0.3, 0.4) is 0 Å². The number of benzene rings is 3. The van der Waals surface area contributed by atoms with Crippen LogP contribution in [0.4, 0.5) is 4.79 Å². The van der Waals surface area contributed by atoms with Gasteiger partial charge in [-0.1, -0.05) is 54.1 Å². The number of aryl methyl sites for hydroxylation is 1. The number of nitrogens with zero attached hydrogens (tertiary/aromatic N) is 1. The first-order valence-corrected chi connectivity index (χ1v) is 14.9. The number of sulfone groups is 1. The molecule has 3 aromatic rings. The molecule has 5 rings (SSSR count). The van der Waals surface area contributed by atoms with Gasteiger partial charge in [-0.2, -0.15) is 0 Å². The summed E-state index contributed by atoms with van der Waals surface area (Å²) in [7, 11) is -3.05. The van der Waals surface area contributed by atoms with Crippen molar-refractivity contribution < 1.29 is 22.7 Å². The molecule has 3 aromatic carbocycles. The molecule has 0 aromatic heterocycles. The predicted molar refractivity (Wildman–Crippen MR) is 145 cm³/mol. The molecule has 0 radical (unpaired) electrons. The highest BCUT2D eigenvalue weighted by Crippen LogP contribution is 2.41. The van der Waals surface area contributed by atoms with Crippen LogP contribution in [-0.4, -0.2) is 44.4 Å². The molecule has 0 bridgehead atoms. The van der Waals surface area contributed by atoms with Crippen molar-refractivity contribution in [2.24, 2.45) is 0 Å². The number of rotatable bonds is 5. The van der Waals surface area contributed by atoms with E-state index in [1.165, 1.54) is 11.8 Å². The average molecular weight is 540 g/mol. The molecule has 0 N–H and O–H groups in total. The van der Waals surface area contributed by atoms with Crippen LogP contribution >= 0.6 is 11.6 Å². The Hall–Kier alpha value is -3.03. The third kappa shape index (κ3) is 6.28. The van der Waals surface area contributed by atoms with Gasteiger partial charge in [-0.25, -0.2) is 13.2 Å². The third-order valence-corrected chi connectivity index (χ3v) is 8.23. The zero-order chi connectivity index (χ0) is 26.0. The number of halogens is 1. The molecule has 1 fully saturated rings. The first-order valence-electron chi connectivity index (χ1n) is 12.4. The number of hydrogen-bond donors (Lipinski definition) is 0. The summed E-state index contributed by atoms with van der Waals surface area (Å²) >= 11 is 6.01. The van der Waals surface area contributed by atoms with Gasteiger partial charge in [-0.3, -0.25) is 0 Å². The molecule has 0 saturated carbocycles. The van der Waals surface area contributed by atoms with E-state index in [0.717, 1.165) is 53.7 Å². The van der Waals surface area contributed by atoms with Crippen molar-refractivity contribution in [1.29, 1.82) is 0 Å². The molecular formula is C29H30ClNO5S. The Morgan fingerprint density at radius 3 is 2.41 bits per heavy atom. The van der Waals surface area contributed by atoms with Gasteiger partial charge in [0.05, 0.1) is 5.75 Å². The number of carbonyl (C=O) groups is 1. The highest BCUT2D eigenvalue weighted by molar-refractivity contribution is 7.89. The minimum absolute atomic E-state index is 0.0461. The molecule has 8 heteroatoms. The quantitative estimate of drug-likeness (QED) is 0.395. The summed E-state index contributed by atoms with van der Waals surface area (Å²) < 4.78 is 35.1. The Morgan fingerprint density at radius 2 is 1.70 bits per heavy atom. The summed E-state index contributed by atoms with van der Waals surface area (Å²) in [5.74, 6) is 0.949. The predicted octanol–water partition coefficient (Wildman–Crippen LogP) is 6.05. The Bertz CT molecular complexity index is 1400. The fourth-order valence-electron chi connectivity index (χ4n) is 5.11. The molecule has 0 unspecified atom stereocenters. The maximum Gasteiger partial charge on any atom is 0.410 e. The van der Waals surface area contributed by atoms with E-state index >= 15 is 0 Å². The SMILES string of the molecule is CS(=O)(=O)Cc1ccc(-c2ccc3c(c2)CCC2(CCN(C(=O)OCc4cccc(Cl)c4)CC2)O3)cc1. The number of amides is 1. The summed E-state index contributed by atoms with van der Waals surface area (Å²) in [4.78, 5) is 14.3. The van der Waals surface area contributed by atoms with E-state index in [-0.39, 0.29) is 24.1 Å². The first-order chi connectivity index (χ1) is 17.7. The van der Waals surface area contributed by atoms with Crippen LogP contribution in [0.1, 0.15) is 36.0 Å². The molecule has 1 spiro atoms. The fraction of sp³-hybridized carbons (Fsp3) is 0.345. The standard InChI is InChI=1S/C29H30ClNO5S/c1-37(33,34)20-21-5-7-23(8-6-21)24-9-10-27-25(18-24)11-12-29(36-27)13-15-31(16-14-29)28(32)35-19-22-3-2-4-26(30)17-22/h2-10,17-18H,11-16,19-20H2,1H3. The van der Waals surface area contributed by atoms with Crippen molar-refractivity contribution in [3.63, 3.8) is 0 Å². The first kappa shape index (κ1) is 25.6. The van der Waals surface area contributed by atoms with E-state index in [0.29, 0.717) is 18.1 Å². The summed E-state index contributed by atoms with van der Waals surface area (Å²) in [5.41, 5.74) is 4.70. The Balaban J connectivity index is 1.18. The Kier molecular flexibility index (Phi) is 7.19. The van der Waals surface area contributed by atoms with Gasteiger partial charge in [-0.15, -0.1) is 0 Å². The number of likely N-dealkylation sites (tertiary alicyclic amines) is 1. The van der Waals surface area contributed by atoms with Crippen molar-refractivity contribution in [2.45, 2.75) is 43.6 Å². The zero-order valence-corrected chi connectivity index (χ0v) is 22.4. The average Bonchev–Trinajstić information content (AvgIpc) is 2.87. The fourth-order valence-corrected chi connectivity index (χ4v) is 6.12. The molecular weight excluding hydrogens is 510 g/mol. The molecule has 1 amide bonds. The lowest BCUT2D eigenvalue weighted by molar-refractivity contribution is -0.0150. The summed E-state index contributed by atoms with van der Waals surface area (Å²) in [5, 5.41) is 0.623. The van der Waals surface area contributed by atoms with Crippen LogP contribution < -0.4 is 4.74 Å². The molecule has 6 nitrogen and oxygen atoms in total. The highest BCUT2D eigenvalue weighted by atomic mass is 35.5. The maximum atomic E-state index is 12.6. The van der Waals surface area contributed by atoms with Crippen LogP contribution in [0.25, 0.3) is 11.1 Å². The minimum atomic E-state index is -3.05. The van der Waals surface area contributed by atoms with Crippen molar-refractivity contribution in [3.8, 4) is 16.9 Å². The molecule has 194 valence electrons. The number of fused-ring (bicyclic) bond motifs is 1. The van der Waals surface area contributed by atoms with Gasteiger partial charge in [0.25, 0.3) is 0 Å². The second-order valence-electron chi connectivity index (χ2n) is 10.0. The second kappa shape index (κ2) is 10.4. The second-order valence-corrected chi connectivity index (χ2v) is 12.6. The van der Waals surface area contributed by atoms with Crippen molar-refractivity contribution in [1.82, 2.24) is 4.90 Å².